The summed E-state index contributed by atoms with van der Waals surface area (Å²) in [6.07, 6.45) is 2.43. The number of hydrogen-bond acceptors (Lipinski definition) is 5. The van der Waals surface area contributed by atoms with Crippen LogP contribution in [0.25, 0.3) is 0 Å². The predicted molar refractivity (Wildman–Crippen MR) is 115 cm³/mol. The molecule has 6 heteroatoms. The van der Waals surface area contributed by atoms with Crippen molar-refractivity contribution in [1.29, 1.82) is 0 Å². The standard InChI is InChI=1S/C24H28N2O4/c1-17(23(27)25-22-10-9-19-3-2-4-21(19)15-22)30-24(28)20-7-5-18(6-8-20)16-26-11-13-29-14-12-26/h5-10,15,17H,2-4,11-14,16H2,1H3,(H,25,27)/t17-/m1/s1. The number of anilines is 1. The Bertz CT molecular complexity index is 904. The summed E-state index contributed by atoms with van der Waals surface area (Å²) in [5.74, 6) is -0.824. The second-order valence-electron chi connectivity index (χ2n) is 7.96. The average molecular weight is 408 g/mol. The molecule has 1 amide bonds. The summed E-state index contributed by atoms with van der Waals surface area (Å²) in [6, 6.07) is 13.4. The van der Waals surface area contributed by atoms with Crippen LogP contribution in [0, 0.1) is 0 Å². The van der Waals surface area contributed by atoms with E-state index in [0.717, 1.165) is 63.4 Å². The number of ether oxygens (including phenoxy) is 2. The third kappa shape index (κ3) is 5.07. The third-order valence-electron chi connectivity index (χ3n) is 5.72. The van der Waals surface area contributed by atoms with Crippen LogP contribution in [-0.4, -0.2) is 49.2 Å². The van der Waals surface area contributed by atoms with Crippen molar-refractivity contribution in [3.63, 3.8) is 0 Å². The van der Waals surface area contributed by atoms with Gasteiger partial charge < -0.3 is 14.8 Å². The fourth-order valence-corrected chi connectivity index (χ4v) is 3.94. The largest absolute Gasteiger partial charge is 0.449 e. The molecule has 158 valence electrons. The first-order valence-corrected chi connectivity index (χ1v) is 10.6. The molecule has 0 unspecified atom stereocenters. The van der Waals surface area contributed by atoms with Crippen LogP contribution in [0.5, 0.6) is 0 Å². The highest BCUT2D eigenvalue weighted by atomic mass is 16.5. The Labute approximate surface area is 177 Å². The number of nitrogens with zero attached hydrogens (tertiary/aromatic N) is 1. The molecular formula is C24H28N2O4. The Morgan fingerprint density at radius 1 is 1.07 bits per heavy atom. The first-order valence-electron chi connectivity index (χ1n) is 10.6. The molecule has 2 aromatic rings. The van der Waals surface area contributed by atoms with Crippen molar-refractivity contribution in [2.24, 2.45) is 0 Å². The van der Waals surface area contributed by atoms with Gasteiger partial charge in [0.05, 0.1) is 18.8 Å². The molecule has 1 N–H and O–H groups in total. The molecule has 1 saturated heterocycles. The molecule has 0 bridgehead atoms. The lowest BCUT2D eigenvalue weighted by molar-refractivity contribution is -0.123. The first-order chi connectivity index (χ1) is 14.6. The van der Waals surface area contributed by atoms with Crippen LogP contribution in [0.4, 0.5) is 5.69 Å². The molecule has 1 heterocycles. The molecule has 1 aliphatic heterocycles. The van der Waals surface area contributed by atoms with Crippen LogP contribution in [0.3, 0.4) is 0 Å². The number of carbonyl (C=O) groups excluding carboxylic acids is 2. The molecule has 2 aliphatic rings. The van der Waals surface area contributed by atoms with Gasteiger partial charge in [-0.1, -0.05) is 18.2 Å². The Balaban J connectivity index is 1.29. The van der Waals surface area contributed by atoms with Crippen LogP contribution < -0.4 is 5.32 Å². The maximum atomic E-state index is 12.5. The number of rotatable bonds is 6. The van der Waals surface area contributed by atoms with Crippen molar-refractivity contribution >= 4 is 17.6 Å². The summed E-state index contributed by atoms with van der Waals surface area (Å²) in [6.45, 7) is 5.78. The van der Waals surface area contributed by atoms with E-state index in [2.05, 4.69) is 16.3 Å². The Kier molecular flexibility index (Phi) is 6.45. The zero-order chi connectivity index (χ0) is 20.9. The zero-order valence-electron chi connectivity index (χ0n) is 17.4. The number of amides is 1. The second-order valence-corrected chi connectivity index (χ2v) is 7.96. The quantitative estimate of drug-likeness (QED) is 0.744. The summed E-state index contributed by atoms with van der Waals surface area (Å²) in [4.78, 5) is 27.2. The molecule has 4 rings (SSSR count). The number of hydrogen-bond donors (Lipinski definition) is 1. The van der Waals surface area contributed by atoms with Crippen LogP contribution in [0.2, 0.25) is 0 Å². The highest BCUT2D eigenvalue weighted by Crippen LogP contribution is 2.25. The van der Waals surface area contributed by atoms with Gasteiger partial charge in [-0.05, 0) is 67.1 Å². The SMILES string of the molecule is C[C@@H](OC(=O)c1ccc(CN2CCOCC2)cc1)C(=O)Nc1ccc2c(c1)CCC2. The first kappa shape index (κ1) is 20.6. The lowest BCUT2D eigenvalue weighted by Crippen LogP contribution is -2.35. The van der Waals surface area contributed by atoms with Crippen molar-refractivity contribution in [3.8, 4) is 0 Å². The summed E-state index contributed by atoms with van der Waals surface area (Å²) in [5, 5.41) is 2.85. The van der Waals surface area contributed by atoms with Gasteiger partial charge in [0.15, 0.2) is 6.10 Å². The molecule has 1 atom stereocenters. The topological polar surface area (TPSA) is 67.9 Å². The van der Waals surface area contributed by atoms with Gasteiger partial charge in [0, 0.05) is 25.3 Å². The fraction of sp³-hybridized carbons (Fsp3) is 0.417. The Morgan fingerprint density at radius 3 is 2.57 bits per heavy atom. The zero-order valence-corrected chi connectivity index (χ0v) is 17.4. The molecule has 0 radical (unpaired) electrons. The van der Waals surface area contributed by atoms with Gasteiger partial charge in [-0.3, -0.25) is 9.69 Å². The third-order valence-corrected chi connectivity index (χ3v) is 5.72. The Morgan fingerprint density at radius 2 is 1.80 bits per heavy atom. The normalized spacial score (nSPS) is 17.2. The molecular weight excluding hydrogens is 380 g/mol. The van der Waals surface area contributed by atoms with E-state index in [1.54, 1.807) is 19.1 Å². The summed E-state index contributed by atoms with van der Waals surface area (Å²) in [5.41, 5.74) is 4.96. The predicted octanol–water partition coefficient (Wildman–Crippen LogP) is 3.19. The Hall–Kier alpha value is -2.70. The number of carbonyl (C=O) groups is 2. The average Bonchev–Trinajstić information content (AvgIpc) is 3.23. The highest BCUT2D eigenvalue weighted by Gasteiger charge is 2.20. The van der Waals surface area contributed by atoms with Crippen LogP contribution in [0.15, 0.2) is 42.5 Å². The lowest BCUT2D eigenvalue weighted by Gasteiger charge is -2.26. The van der Waals surface area contributed by atoms with E-state index in [1.165, 1.54) is 11.1 Å². The van der Waals surface area contributed by atoms with Crippen LogP contribution in [0.1, 0.15) is 40.4 Å². The summed E-state index contributed by atoms with van der Waals surface area (Å²) >= 11 is 0. The fourth-order valence-electron chi connectivity index (χ4n) is 3.94. The van der Waals surface area contributed by atoms with Gasteiger partial charge in [0.1, 0.15) is 0 Å². The van der Waals surface area contributed by atoms with Crippen molar-refractivity contribution in [2.75, 3.05) is 31.6 Å². The molecule has 30 heavy (non-hydrogen) atoms. The molecule has 0 spiro atoms. The second kappa shape index (κ2) is 9.41. The smallest absolute Gasteiger partial charge is 0.338 e. The van der Waals surface area contributed by atoms with Crippen molar-refractivity contribution < 1.29 is 19.1 Å². The van der Waals surface area contributed by atoms with Gasteiger partial charge in [-0.2, -0.15) is 0 Å². The maximum absolute atomic E-state index is 12.5. The van der Waals surface area contributed by atoms with Gasteiger partial charge >= 0.3 is 5.97 Å². The number of esters is 1. The highest BCUT2D eigenvalue weighted by molar-refractivity contribution is 5.97. The summed E-state index contributed by atoms with van der Waals surface area (Å²) < 4.78 is 10.7. The van der Waals surface area contributed by atoms with Crippen molar-refractivity contribution in [2.45, 2.75) is 38.8 Å². The maximum Gasteiger partial charge on any atom is 0.338 e. The van der Waals surface area contributed by atoms with Crippen molar-refractivity contribution in [1.82, 2.24) is 4.90 Å². The van der Waals surface area contributed by atoms with E-state index in [-0.39, 0.29) is 5.91 Å². The molecule has 0 saturated carbocycles. The van der Waals surface area contributed by atoms with Crippen LogP contribution >= 0.6 is 0 Å². The molecule has 0 aromatic heterocycles. The summed E-state index contributed by atoms with van der Waals surface area (Å²) in [7, 11) is 0. The van der Waals surface area contributed by atoms with E-state index in [9.17, 15) is 9.59 Å². The van der Waals surface area contributed by atoms with E-state index >= 15 is 0 Å². The number of morpholine rings is 1. The van der Waals surface area contributed by atoms with Crippen LogP contribution in [-0.2, 0) is 33.7 Å². The number of fused-ring (bicyclic) bond motifs is 1. The van der Waals surface area contributed by atoms with E-state index in [0.29, 0.717) is 5.56 Å². The minimum Gasteiger partial charge on any atom is -0.449 e. The lowest BCUT2D eigenvalue weighted by atomic mass is 10.1. The van der Waals surface area contributed by atoms with Gasteiger partial charge in [-0.25, -0.2) is 4.79 Å². The number of nitrogens with one attached hydrogen (secondary N) is 1. The van der Waals surface area contributed by atoms with E-state index in [4.69, 9.17) is 9.47 Å². The molecule has 2 aromatic carbocycles. The number of benzene rings is 2. The monoisotopic (exact) mass is 408 g/mol. The molecule has 1 aliphatic carbocycles. The van der Waals surface area contributed by atoms with Gasteiger partial charge in [0.25, 0.3) is 5.91 Å². The minimum atomic E-state index is -0.876. The number of aryl methyl sites for hydroxylation is 2. The minimum absolute atomic E-state index is 0.328. The van der Waals surface area contributed by atoms with Gasteiger partial charge in [-0.15, -0.1) is 0 Å². The van der Waals surface area contributed by atoms with E-state index < -0.39 is 12.1 Å². The molecule has 6 nitrogen and oxygen atoms in total. The molecule has 1 fully saturated rings. The van der Waals surface area contributed by atoms with E-state index in [1.807, 2.05) is 24.3 Å². The van der Waals surface area contributed by atoms with Gasteiger partial charge in [0.2, 0.25) is 0 Å². The van der Waals surface area contributed by atoms with Crippen molar-refractivity contribution in [3.05, 3.63) is 64.7 Å².